The van der Waals surface area contributed by atoms with Crippen molar-refractivity contribution in [1.82, 2.24) is 5.32 Å². The van der Waals surface area contributed by atoms with Crippen LogP contribution in [0.3, 0.4) is 0 Å². The summed E-state index contributed by atoms with van der Waals surface area (Å²) >= 11 is 0. The summed E-state index contributed by atoms with van der Waals surface area (Å²) in [6.45, 7) is -0.0455. The molecule has 0 unspecified atom stereocenters. The number of rotatable bonds is 6. The van der Waals surface area contributed by atoms with E-state index < -0.39 is 29.2 Å². The number of hydrogen-bond acceptors (Lipinski definition) is 4. The third-order valence-corrected chi connectivity index (χ3v) is 5.82. The molecule has 5 nitrogen and oxygen atoms in total. The van der Waals surface area contributed by atoms with Gasteiger partial charge in [-0.05, 0) is 42.0 Å². The number of nitrogens with one attached hydrogen (secondary N) is 1. The van der Waals surface area contributed by atoms with Crippen molar-refractivity contribution in [2.75, 3.05) is 7.11 Å². The molecule has 0 atom stereocenters. The van der Waals surface area contributed by atoms with Crippen molar-refractivity contribution in [3.05, 3.63) is 89.5 Å². The van der Waals surface area contributed by atoms with Gasteiger partial charge in [-0.15, -0.1) is 0 Å². The van der Waals surface area contributed by atoms with Crippen molar-refractivity contribution in [3.63, 3.8) is 0 Å². The predicted molar refractivity (Wildman–Crippen MR) is 120 cm³/mol. The molecule has 1 aliphatic rings. The summed E-state index contributed by atoms with van der Waals surface area (Å²) in [6.07, 6.45) is -0.203. The lowest BCUT2D eigenvalue weighted by atomic mass is 9.95. The lowest BCUT2D eigenvalue weighted by Gasteiger charge is -2.27. The Balaban J connectivity index is 1.64. The molecule has 1 aliphatic carbocycles. The van der Waals surface area contributed by atoms with Crippen molar-refractivity contribution in [3.8, 4) is 5.75 Å². The Kier molecular flexibility index (Phi) is 6.32. The van der Waals surface area contributed by atoms with Gasteiger partial charge in [0.05, 0.1) is 18.2 Å². The van der Waals surface area contributed by atoms with Crippen LogP contribution in [0.25, 0.3) is 10.8 Å². The molecular formula is C26H22F3NO4. The van der Waals surface area contributed by atoms with Crippen molar-refractivity contribution < 1.29 is 32.2 Å². The minimum atomic E-state index is -4.43. The maximum absolute atomic E-state index is 13.3. The third kappa shape index (κ3) is 4.62. The highest BCUT2D eigenvalue weighted by Gasteiger charge is 2.42. The van der Waals surface area contributed by atoms with Crippen LogP contribution < -0.4 is 10.1 Å². The topological polar surface area (TPSA) is 64.6 Å². The minimum absolute atomic E-state index is 0.0455. The van der Waals surface area contributed by atoms with Gasteiger partial charge in [0, 0.05) is 5.39 Å². The molecule has 0 saturated heterocycles. The molecule has 0 bridgehead atoms. The number of hydrogen-bond donors (Lipinski definition) is 1. The van der Waals surface area contributed by atoms with Gasteiger partial charge >= 0.3 is 12.1 Å². The number of carbonyl (C=O) groups excluding carboxylic acids is 2. The Morgan fingerprint density at radius 3 is 2.29 bits per heavy atom. The van der Waals surface area contributed by atoms with Crippen LogP contribution in [-0.2, 0) is 22.3 Å². The van der Waals surface area contributed by atoms with Crippen LogP contribution in [0.4, 0.5) is 13.2 Å². The Bertz CT molecular complexity index is 1240. The van der Waals surface area contributed by atoms with Gasteiger partial charge in [-0.2, -0.15) is 13.2 Å². The fraction of sp³-hybridized carbons (Fsp3) is 0.231. The number of methoxy groups -OCH3 is 1. The zero-order valence-corrected chi connectivity index (χ0v) is 18.3. The highest BCUT2D eigenvalue weighted by Crippen LogP contribution is 2.33. The van der Waals surface area contributed by atoms with Crippen LogP contribution in [0.2, 0.25) is 0 Å². The van der Waals surface area contributed by atoms with E-state index in [9.17, 15) is 22.8 Å². The molecule has 3 aromatic carbocycles. The lowest BCUT2D eigenvalue weighted by molar-refractivity contribution is -0.147. The number of amides is 1. The second kappa shape index (κ2) is 9.21. The van der Waals surface area contributed by atoms with Gasteiger partial charge in [-0.1, -0.05) is 54.6 Å². The van der Waals surface area contributed by atoms with Gasteiger partial charge in [0.2, 0.25) is 0 Å². The maximum Gasteiger partial charge on any atom is 0.416 e. The number of halogens is 3. The minimum Gasteiger partial charge on any atom is -0.487 e. The van der Waals surface area contributed by atoms with E-state index in [2.05, 4.69) is 5.32 Å². The van der Waals surface area contributed by atoms with Crippen molar-refractivity contribution in [2.24, 2.45) is 0 Å². The van der Waals surface area contributed by atoms with Gasteiger partial charge < -0.3 is 14.8 Å². The van der Waals surface area contributed by atoms with E-state index in [1.165, 1.54) is 19.2 Å². The number of benzene rings is 3. The van der Waals surface area contributed by atoms with Crippen LogP contribution in [0.1, 0.15) is 34.3 Å². The fourth-order valence-electron chi connectivity index (χ4n) is 3.97. The van der Waals surface area contributed by atoms with Crippen LogP contribution in [0, 0.1) is 0 Å². The first-order valence-corrected chi connectivity index (χ1v) is 10.6. The summed E-state index contributed by atoms with van der Waals surface area (Å²) in [5.74, 6) is -0.775. The fourth-order valence-corrected chi connectivity index (χ4v) is 3.97. The molecule has 0 radical (unpaired) electrons. The largest absolute Gasteiger partial charge is 0.487 e. The van der Waals surface area contributed by atoms with Crippen LogP contribution in [-0.4, -0.2) is 24.5 Å². The smallest absolute Gasteiger partial charge is 0.416 e. The van der Waals surface area contributed by atoms with Crippen LogP contribution in [0.15, 0.2) is 72.8 Å². The van der Waals surface area contributed by atoms with E-state index in [1.54, 1.807) is 36.4 Å². The number of alkyl halides is 3. The van der Waals surface area contributed by atoms with E-state index in [4.69, 9.17) is 9.47 Å². The molecule has 0 saturated carbocycles. The van der Waals surface area contributed by atoms with E-state index in [0.29, 0.717) is 23.8 Å². The first-order chi connectivity index (χ1) is 16.2. The lowest BCUT2D eigenvalue weighted by Crippen LogP contribution is -2.53. The van der Waals surface area contributed by atoms with E-state index in [0.717, 1.165) is 17.5 Å². The summed E-state index contributed by atoms with van der Waals surface area (Å²) in [5.41, 5.74) is -1.22. The molecule has 4 rings (SSSR count). The highest BCUT2D eigenvalue weighted by molar-refractivity contribution is 6.05. The van der Waals surface area contributed by atoms with Gasteiger partial charge in [0.25, 0.3) is 5.91 Å². The van der Waals surface area contributed by atoms with E-state index >= 15 is 0 Å². The quantitative estimate of drug-likeness (QED) is 0.386. The first kappa shape index (κ1) is 23.4. The van der Waals surface area contributed by atoms with E-state index in [1.807, 2.05) is 12.1 Å². The summed E-state index contributed by atoms with van der Waals surface area (Å²) in [7, 11) is 1.27. The number of fused-ring (bicyclic) bond motifs is 1. The molecular weight excluding hydrogens is 447 g/mol. The Labute approximate surface area is 194 Å². The number of carbonyl (C=O) groups is 2. The zero-order chi connectivity index (χ0) is 24.3. The standard InChI is InChI=1S/C26H22F3NO4/c1-33-24(32)25(14-4-5-15-25)30-23(31)21-13-10-18-6-2-3-7-20(18)22(21)34-16-17-8-11-19(12-9-17)26(27,28)29/h2-13H,14-16H2,1H3,(H,30,31). The summed E-state index contributed by atoms with van der Waals surface area (Å²) in [4.78, 5) is 25.7. The second-order valence-corrected chi connectivity index (χ2v) is 8.05. The van der Waals surface area contributed by atoms with Crippen LogP contribution >= 0.6 is 0 Å². The van der Waals surface area contributed by atoms with Crippen molar-refractivity contribution in [2.45, 2.75) is 31.2 Å². The predicted octanol–water partition coefficient (Wildman–Crippen LogP) is 5.43. The van der Waals surface area contributed by atoms with Crippen LogP contribution in [0.5, 0.6) is 5.75 Å². The second-order valence-electron chi connectivity index (χ2n) is 8.05. The van der Waals surface area contributed by atoms with E-state index in [-0.39, 0.29) is 17.9 Å². The SMILES string of the molecule is COC(=O)C1(NC(=O)c2ccc3ccccc3c2OCc2ccc(C(F)(F)F)cc2)CC=CC1. The summed E-state index contributed by atoms with van der Waals surface area (Å²) in [5, 5.41) is 4.30. The van der Waals surface area contributed by atoms with Crippen molar-refractivity contribution in [1.29, 1.82) is 0 Å². The molecule has 34 heavy (non-hydrogen) atoms. The molecule has 0 fully saturated rings. The molecule has 0 spiro atoms. The molecule has 0 aromatic heterocycles. The Morgan fingerprint density at radius 2 is 1.65 bits per heavy atom. The third-order valence-electron chi connectivity index (χ3n) is 5.82. The molecule has 0 aliphatic heterocycles. The molecule has 3 aromatic rings. The van der Waals surface area contributed by atoms with Gasteiger partial charge in [0.15, 0.2) is 0 Å². The zero-order valence-electron chi connectivity index (χ0n) is 18.3. The summed E-state index contributed by atoms with van der Waals surface area (Å²) in [6, 6.07) is 15.3. The van der Waals surface area contributed by atoms with Crippen molar-refractivity contribution >= 4 is 22.6 Å². The number of esters is 1. The molecule has 0 heterocycles. The monoisotopic (exact) mass is 469 g/mol. The molecule has 1 amide bonds. The average Bonchev–Trinajstić information content (AvgIpc) is 3.31. The maximum atomic E-state index is 13.3. The number of ether oxygens (including phenoxy) is 2. The molecule has 176 valence electrons. The molecule has 1 N–H and O–H groups in total. The van der Waals surface area contributed by atoms with Gasteiger partial charge in [0.1, 0.15) is 17.9 Å². The Hall–Kier alpha value is -3.81. The molecule has 8 heteroatoms. The summed E-state index contributed by atoms with van der Waals surface area (Å²) < 4.78 is 49.5. The van der Waals surface area contributed by atoms with Gasteiger partial charge in [-0.25, -0.2) is 4.79 Å². The first-order valence-electron chi connectivity index (χ1n) is 10.6. The Morgan fingerprint density at radius 1 is 0.971 bits per heavy atom. The normalized spacial score (nSPS) is 14.7. The highest BCUT2D eigenvalue weighted by atomic mass is 19.4. The van der Waals surface area contributed by atoms with Gasteiger partial charge in [-0.3, -0.25) is 4.79 Å². The average molecular weight is 469 g/mol.